The van der Waals surface area contributed by atoms with Crippen LogP contribution in [0, 0.1) is 0 Å². The Morgan fingerprint density at radius 3 is 2.41 bits per heavy atom. The number of pyridine rings is 1. The SMILES string of the molecule is C[C@@H]1CN(c2nc(=O)n3c4c(c(Cl)c(C(F)(F)F)cc24)SC[C@H](c2cccnc2)C3)C[C@H](C)N1C(=O)OC(C)(C)C. The molecule has 0 saturated carbocycles. The van der Waals surface area contributed by atoms with Crippen LogP contribution in [0.4, 0.5) is 23.8 Å². The third-order valence-electron chi connectivity index (χ3n) is 7.25. The molecule has 1 amide bonds. The van der Waals surface area contributed by atoms with Crippen LogP contribution in [0.25, 0.3) is 10.9 Å². The van der Waals surface area contributed by atoms with Crippen LogP contribution in [-0.2, 0) is 17.5 Å². The molecule has 5 rings (SSSR count). The number of carbonyl (C=O) groups is 1. The van der Waals surface area contributed by atoms with Gasteiger partial charge in [0.1, 0.15) is 11.4 Å². The predicted octanol–water partition coefficient (Wildman–Crippen LogP) is 6.19. The molecule has 1 saturated heterocycles. The van der Waals surface area contributed by atoms with Crippen molar-refractivity contribution in [3.05, 3.63) is 57.2 Å². The van der Waals surface area contributed by atoms with Gasteiger partial charge in [0.05, 0.1) is 33.1 Å². The van der Waals surface area contributed by atoms with E-state index in [0.717, 1.165) is 11.6 Å². The zero-order valence-corrected chi connectivity index (χ0v) is 24.9. The van der Waals surface area contributed by atoms with E-state index in [1.54, 1.807) is 49.0 Å². The minimum atomic E-state index is -4.72. The van der Waals surface area contributed by atoms with Crippen LogP contribution in [0.15, 0.2) is 40.3 Å². The standard InChI is InChI=1S/C28H31ClF3N5O3S/c1-15-11-35(12-16(2)37(15)26(39)40-27(3,4)5)24-19-9-20(28(30,31)32)21(29)23-22(19)36(25(38)34-24)13-18(14-41-23)17-7-6-8-33-10-17/h6-10,15-16,18H,11-14H2,1-5H3/t15-,16+,18-/m1/s1. The fourth-order valence-electron chi connectivity index (χ4n) is 5.56. The predicted molar refractivity (Wildman–Crippen MR) is 153 cm³/mol. The van der Waals surface area contributed by atoms with Crippen molar-refractivity contribution in [2.75, 3.05) is 23.7 Å². The summed E-state index contributed by atoms with van der Waals surface area (Å²) in [5.41, 5.74) is -1.03. The molecule has 3 aromatic rings. The summed E-state index contributed by atoms with van der Waals surface area (Å²) in [5, 5.41) is -0.232. The van der Waals surface area contributed by atoms with Crippen molar-refractivity contribution >= 4 is 46.2 Å². The number of thioether (sulfide) groups is 1. The summed E-state index contributed by atoms with van der Waals surface area (Å²) >= 11 is 7.63. The fourth-order valence-corrected chi connectivity index (χ4v) is 7.24. The number of amides is 1. The number of benzene rings is 1. The highest BCUT2D eigenvalue weighted by molar-refractivity contribution is 7.99. The van der Waals surface area contributed by atoms with Gasteiger partial charge in [0.2, 0.25) is 0 Å². The van der Waals surface area contributed by atoms with Crippen molar-refractivity contribution < 1.29 is 22.7 Å². The number of hydrogen-bond acceptors (Lipinski definition) is 7. The maximum Gasteiger partial charge on any atom is 0.417 e. The molecule has 2 aliphatic rings. The Hall–Kier alpha value is -2.99. The molecular weight excluding hydrogens is 579 g/mol. The molecule has 1 fully saturated rings. The first-order valence-corrected chi connectivity index (χ1v) is 14.6. The molecule has 0 radical (unpaired) electrons. The van der Waals surface area contributed by atoms with Crippen LogP contribution >= 0.6 is 23.4 Å². The highest BCUT2D eigenvalue weighted by atomic mass is 35.5. The van der Waals surface area contributed by atoms with Gasteiger partial charge in [0.15, 0.2) is 0 Å². The third kappa shape index (κ3) is 5.73. The van der Waals surface area contributed by atoms with Crippen molar-refractivity contribution in [3.8, 4) is 0 Å². The molecule has 8 nitrogen and oxygen atoms in total. The van der Waals surface area contributed by atoms with E-state index >= 15 is 0 Å². The van der Waals surface area contributed by atoms with E-state index in [1.165, 1.54) is 16.3 Å². The summed E-state index contributed by atoms with van der Waals surface area (Å²) in [7, 11) is 0. The van der Waals surface area contributed by atoms with Crippen LogP contribution in [0.1, 0.15) is 51.7 Å². The minimum Gasteiger partial charge on any atom is -0.444 e. The van der Waals surface area contributed by atoms with Gasteiger partial charge in [-0.25, -0.2) is 9.59 Å². The Morgan fingerprint density at radius 1 is 1.15 bits per heavy atom. The van der Waals surface area contributed by atoms with Gasteiger partial charge < -0.3 is 9.64 Å². The monoisotopic (exact) mass is 609 g/mol. The van der Waals surface area contributed by atoms with E-state index in [4.69, 9.17) is 16.3 Å². The van der Waals surface area contributed by atoms with Gasteiger partial charge in [-0.2, -0.15) is 18.2 Å². The molecular formula is C28H31ClF3N5O3S. The van der Waals surface area contributed by atoms with E-state index in [9.17, 15) is 22.8 Å². The molecule has 0 unspecified atom stereocenters. The van der Waals surface area contributed by atoms with E-state index in [0.29, 0.717) is 11.3 Å². The number of aromatic nitrogens is 3. The van der Waals surface area contributed by atoms with Gasteiger partial charge in [0.25, 0.3) is 0 Å². The Balaban J connectivity index is 1.63. The molecule has 41 heavy (non-hydrogen) atoms. The average molecular weight is 610 g/mol. The second-order valence-corrected chi connectivity index (χ2v) is 13.0. The topological polar surface area (TPSA) is 80.6 Å². The number of nitrogens with zero attached hydrogens (tertiary/aromatic N) is 5. The van der Waals surface area contributed by atoms with E-state index < -0.39 is 34.1 Å². The van der Waals surface area contributed by atoms with Crippen LogP contribution in [0.3, 0.4) is 0 Å². The summed E-state index contributed by atoms with van der Waals surface area (Å²) in [4.78, 5) is 38.6. The summed E-state index contributed by atoms with van der Waals surface area (Å²) in [5.74, 6) is 0.353. The molecule has 3 atom stereocenters. The number of piperazine rings is 1. The lowest BCUT2D eigenvalue weighted by molar-refractivity contribution is -0.137. The van der Waals surface area contributed by atoms with Crippen molar-refractivity contribution in [1.29, 1.82) is 0 Å². The van der Waals surface area contributed by atoms with Crippen LogP contribution < -0.4 is 10.6 Å². The first-order chi connectivity index (χ1) is 19.2. The van der Waals surface area contributed by atoms with E-state index in [2.05, 4.69) is 9.97 Å². The number of alkyl halides is 3. The Kier molecular flexibility index (Phi) is 7.69. The molecule has 0 N–H and O–H groups in total. The van der Waals surface area contributed by atoms with Gasteiger partial charge in [-0.3, -0.25) is 14.5 Å². The lowest BCUT2D eigenvalue weighted by Crippen LogP contribution is -2.59. The molecule has 0 spiro atoms. The van der Waals surface area contributed by atoms with Gasteiger partial charge in [0, 0.05) is 49.1 Å². The Morgan fingerprint density at radius 2 is 1.83 bits per heavy atom. The highest BCUT2D eigenvalue weighted by Gasteiger charge is 2.40. The smallest absolute Gasteiger partial charge is 0.417 e. The summed E-state index contributed by atoms with van der Waals surface area (Å²) in [6.45, 7) is 9.74. The lowest BCUT2D eigenvalue weighted by Gasteiger charge is -2.45. The summed E-state index contributed by atoms with van der Waals surface area (Å²) < 4.78 is 49.7. The third-order valence-corrected chi connectivity index (χ3v) is 9.01. The van der Waals surface area contributed by atoms with Crippen molar-refractivity contribution in [1.82, 2.24) is 19.4 Å². The normalized spacial score (nSPS) is 21.6. The van der Waals surface area contributed by atoms with Crippen LogP contribution in [0.5, 0.6) is 0 Å². The maximum atomic E-state index is 14.2. The maximum absolute atomic E-state index is 14.2. The first-order valence-electron chi connectivity index (χ1n) is 13.3. The minimum absolute atomic E-state index is 0.146. The Labute approximate surface area is 244 Å². The molecule has 2 aromatic heterocycles. The largest absolute Gasteiger partial charge is 0.444 e. The first kappa shape index (κ1) is 29.5. The molecule has 4 heterocycles. The Bertz CT molecular complexity index is 1530. The molecule has 0 aliphatic carbocycles. The number of rotatable bonds is 2. The molecule has 0 bridgehead atoms. The lowest BCUT2D eigenvalue weighted by atomic mass is 10.0. The van der Waals surface area contributed by atoms with Crippen LogP contribution in [0.2, 0.25) is 5.02 Å². The van der Waals surface area contributed by atoms with Gasteiger partial charge in [-0.1, -0.05) is 17.7 Å². The number of hydrogen-bond donors (Lipinski definition) is 0. The average Bonchev–Trinajstić information content (AvgIpc) is 3.07. The van der Waals surface area contributed by atoms with Gasteiger partial charge in [-0.15, -0.1) is 11.8 Å². The molecule has 13 heteroatoms. The quantitative estimate of drug-likeness (QED) is 0.343. The van der Waals surface area contributed by atoms with Crippen LogP contribution in [-0.4, -0.2) is 62.1 Å². The summed E-state index contributed by atoms with van der Waals surface area (Å²) in [6.07, 6.45) is -1.85. The molecule has 2 aliphatic heterocycles. The molecule has 220 valence electrons. The second-order valence-electron chi connectivity index (χ2n) is 11.6. The second kappa shape index (κ2) is 10.7. The highest BCUT2D eigenvalue weighted by Crippen LogP contribution is 2.47. The zero-order valence-electron chi connectivity index (χ0n) is 23.3. The van der Waals surface area contributed by atoms with Gasteiger partial charge >= 0.3 is 18.0 Å². The number of halogens is 4. The van der Waals surface area contributed by atoms with E-state index in [1.807, 2.05) is 19.9 Å². The van der Waals surface area contributed by atoms with Crippen molar-refractivity contribution in [3.63, 3.8) is 0 Å². The number of anilines is 1. The van der Waals surface area contributed by atoms with Gasteiger partial charge in [-0.05, 0) is 52.3 Å². The number of ether oxygens (including phenoxy) is 1. The fraction of sp³-hybridized carbons (Fsp3) is 0.500. The van der Waals surface area contributed by atoms with Crippen molar-refractivity contribution in [2.24, 2.45) is 0 Å². The summed E-state index contributed by atoms with van der Waals surface area (Å²) in [6, 6.07) is 3.95. The van der Waals surface area contributed by atoms with E-state index in [-0.39, 0.29) is 53.7 Å². The van der Waals surface area contributed by atoms with Crippen molar-refractivity contribution in [2.45, 2.75) is 75.8 Å². The molecule has 1 aromatic carbocycles. The number of carbonyl (C=O) groups excluding carboxylic acids is 1. The zero-order chi connectivity index (χ0) is 29.9.